The molecule has 58 valence electrons. The minimum atomic E-state index is -0.0602. The second kappa shape index (κ2) is 3.46. The van der Waals surface area contributed by atoms with Crippen molar-refractivity contribution in [3.8, 4) is 0 Å². The van der Waals surface area contributed by atoms with Crippen molar-refractivity contribution in [3.05, 3.63) is 0 Å². The molecule has 0 aliphatic rings. The predicted octanol–water partition coefficient (Wildman–Crippen LogP) is 0.310. The Labute approximate surface area is 62.0 Å². The number of quaternary nitrogens is 1. The molecule has 0 aromatic rings. The van der Waals surface area contributed by atoms with Gasteiger partial charge in [-0.05, 0) is 6.92 Å². The number of carbonyl (C=O) groups excluding carboxylic acids is 1. The van der Waals surface area contributed by atoms with Crippen LogP contribution in [0.3, 0.4) is 0 Å². The SMILES string of the molecule is C/C=N\C(=O)C[N+](C)(C)C. The number of nitrogens with zero attached hydrogens (tertiary/aromatic N) is 2. The summed E-state index contributed by atoms with van der Waals surface area (Å²) in [7, 11) is 5.88. The van der Waals surface area contributed by atoms with Gasteiger partial charge in [-0.1, -0.05) is 0 Å². The number of carbonyl (C=O) groups is 1. The second-order valence-corrected chi connectivity index (χ2v) is 3.23. The number of hydrogen-bond acceptors (Lipinski definition) is 1. The van der Waals surface area contributed by atoms with Gasteiger partial charge in [0.25, 0.3) is 5.91 Å². The first kappa shape index (κ1) is 9.30. The van der Waals surface area contributed by atoms with Gasteiger partial charge in [0, 0.05) is 6.21 Å². The van der Waals surface area contributed by atoms with Gasteiger partial charge < -0.3 is 4.48 Å². The van der Waals surface area contributed by atoms with E-state index in [4.69, 9.17) is 0 Å². The summed E-state index contributed by atoms with van der Waals surface area (Å²) >= 11 is 0. The van der Waals surface area contributed by atoms with Crippen LogP contribution in [0.4, 0.5) is 0 Å². The molecule has 0 saturated carbocycles. The topological polar surface area (TPSA) is 29.4 Å². The zero-order chi connectivity index (χ0) is 8.20. The van der Waals surface area contributed by atoms with Gasteiger partial charge in [0.2, 0.25) is 0 Å². The van der Waals surface area contributed by atoms with Crippen LogP contribution in [0, 0.1) is 0 Å². The predicted molar refractivity (Wildman–Crippen MR) is 42.1 cm³/mol. The number of likely N-dealkylation sites (N-methyl/N-ethyl adjacent to an activating group) is 1. The third-order valence-electron chi connectivity index (χ3n) is 0.883. The molecule has 3 heteroatoms. The molecular formula is C7H15N2O+. The van der Waals surface area contributed by atoms with Crippen LogP contribution in [-0.2, 0) is 4.79 Å². The number of aliphatic imine (C=N–C) groups is 1. The summed E-state index contributed by atoms with van der Waals surface area (Å²) in [4.78, 5) is 14.5. The Morgan fingerprint density at radius 1 is 1.50 bits per heavy atom. The van der Waals surface area contributed by atoms with Gasteiger partial charge in [-0.3, -0.25) is 4.79 Å². The minimum absolute atomic E-state index is 0.0602. The number of hydrogen-bond donors (Lipinski definition) is 0. The van der Waals surface area contributed by atoms with E-state index >= 15 is 0 Å². The zero-order valence-electron chi connectivity index (χ0n) is 7.09. The van der Waals surface area contributed by atoms with Crippen molar-refractivity contribution >= 4 is 12.1 Å². The van der Waals surface area contributed by atoms with Gasteiger partial charge in [0.05, 0.1) is 21.1 Å². The Kier molecular flexibility index (Phi) is 3.22. The first-order valence-corrected chi connectivity index (χ1v) is 3.27. The minimum Gasteiger partial charge on any atom is -0.323 e. The molecule has 0 aliphatic carbocycles. The van der Waals surface area contributed by atoms with E-state index in [2.05, 4.69) is 4.99 Å². The van der Waals surface area contributed by atoms with Crippen LogP contribution in [-0.4, -0.2) is 44.3 Å². The Morgan fingerprint density at radius 2 is 2.00 bits per heavy atom. The molecule has 0 rings (SSSR count). The lowest BCUT2D eigenvalue weighted by Crippen LogP contribution is -2.38. The molecule has 0 bridgehead atoms. The average molecular weight is 143 g/mol. The molecule has 0 atom stereocenters. The van der Waals surface area contributed by atoms with Crippen LogP contribution in [0.1, 0.15) is 6.92 Å². The maximum Gasteiger partial charge on any atom is 0.300 e. The number of amides is 1. The lowest BCUT2D eigenvalue weighted by Gasteiger charge is -2.21. The highest BCUT2D eigenvalue weighted by Gasteiger charge is 2.11. The maximum atomic E-state index is 10.8. The van der Waals surface area contributed by atoms with Gasteiger partial charge in [-0.2, -0.15) is 0 Å². The van der Waals surface area contributed by atoms with Crippen molar-refractivity contribution in [2.45, 2.75) is 6.92 Å². The molecule has 0 N–H and O–H groups in total. The van der Waals surface area contributed by atoms with Gasteiger partial charge in [0.15, 0.2) is 6.54 Å². The van der Waals surface area contributed by atoms with E-state index < -0.39 is 0 Å². The van der Waals surface area contributed by atoms with Crippen LogP contribution < -0.4 is 0 Å². The molecule has 0 heterocycles. The standard InChI is InChI=1S/C7H15N2O/c1-5-8-7(10)6-9(2,3)4/h5H,6H2,1-4H3/q+1/b8-5-. The van der Waals surface area contributed by atoms with Crippen molar-refractivity contribution in [3.63, 3.8) is 0 Å². The monoisotopic (exact) mass is 143 g/mol. The lowest BCUT2D eigenvalue weighted by atomic mass is 10.5. The summed E-state index contributed by atoms with van der Waals surface area (Å²) < 4.78 is 0.635. The molecule has 1 amide bonds. The summed E-state index contributed by atoms with van der Waals surface area (Å²) in [6.07, 6.45) is 1.53. The highest BCUT2D eigenvalue weighted by Crippen LogP contribution is 1.89. The maximum absolute atomic E-state index is 10.8. The van der Waals surface area contributed by atoms with E-state index in [1.165, 1.54) is 6.21 Å². The highest BCUT2D eigenvalue weighted by molar-refractivity contribution is 5.85. The van der Waals surface area contributed by atoms with Crippen LogP contribution in [0.15, 0.2) is 4.99 Å². The Bertz CT molecular complexity index is 144. The van der Waals surface area contributed by atoms with E-state index in [1.54, 1.807) is 6.92 Å². The molecule has 3 nitrogen and oxygen atoms in total. The zero-order valence-corrected chi connectivity index (χ0v) is 7.09. The van der Waals surface area contributed by atoms with E-state index in [0.29, 0.717) is 11.0 Å². The summed E-state index contributed by atoms with van der Waals surface area (Å²) in [5, 5.41) is 0. The van der Waals surface area contributed by atoms with Crippen molar-refractivity contribution in [2.24, 2.45) is 4.99 Å². The van der Waals surface area contributed by atoms with E-state index in [0.717, 1.165) is 0 Å². The smallest absolute Gasteiger partial charge is 0.300 e. The third-order valence-corrected chi connectivity index (χ3v) is 0.883. The van der Waals surface area contributed by atoms with Gasteiger partial charge in [-0.25, -0.2) is 4.99 Å². The summed E-state index contributed by atoms with van der Waals surface area (Å²) in [6, 6.07) is 0. The Hall–Kier alpha value is -0.700. The Balaban J connectivity index is 3.81. The molecule has 0 aliphatic heterocycles. The van der Waals surface area contributed by atoms with Crippen molar-refractivity contribution < 1.29 is 9.28 Å². The van der Waals surface area contributed by atoms with Crippen molar-refractivity contribution in [1.29, 1.82) is 0 Å². The molecular weight excluding hydrogens is 128 g/mol. The second-order valence-electron chi connectivity index (χ2n) is 3.23. The first-order chi connectivity index (χ1) is 4.45. The summed E-state index contributed by atoms with van der Waals surface area (Å²) in [6.45, 7) is 2.21. The largest absolute Gasteiger partial charge is 0.323 e. The molecule has 0 aromatic carbocycles. The highest BCUT2D eigenvalue weighted by atomic mass is 16.1. The van der Waals surface area contributed by atoms with E-state index in [1.807, 2.05) is 21.1 Å². The molecule has 0 radical (unpaired) electrons. The first-order valence-electron chi connectivity index (χ1n) is 3.27. The van der Waals surface area contributed by atoms with Crippen LogP contribution in [0.5, 0.6) is 0 Å². The molecule has 0 saturated heterocycles. The average Bonchev–Trinajstić information content (AvgIpc) is 1.59. The van der Waals surface area contributed by atoms with Gasteiger partial charge in [-0.15, -0.1) is 0 Å². The Morgan fingerprint density at radius 3 is 2.30 bits per heavy atom. The van der Waals surface area contributed by atoms with Crippen LogP contribution in [0.2, 0.25) is 0 Å². The lowest BCUT2D eigenvalue weighted by molar-refractivity contribution is -0.862. The van der Waals surface area contributed by atoms with Gasteiger partial charge >= 0.3 is 0 Å². The fraction of sp³-hybridized carbons (Fsp3) is 0.714. The molecule has 0 fully saturated rings. The van der Waals surface area contributed by atoms with Crippen LogP contribution in [0.25, 0.3) is 0 Å². The third kappa shape index (κ3) is 5.44. The number of rotatable bonds is 2. The molecule has 0 unspecified atom stereocenters. The quantitative estimate of drug-likeness (QED) is 0.404. The summed E-state index contributed by atoms with van der Waals surface area (Å²) in [5.74, 6) is -0.0602. The van der Waals surface area contributed by atoms with Gasteiger partial charge in [0.1, 0.15) is 0 Å². The normalized spacial score (nSPS) is 12.4. The van der Waals surface area contributed by atoms with Crippen molar-refractivity contribution in [2.75, 3.05) is 27.7 Å². The summed E-state index contributed by atoms with van der Waals surface area (Å²) in [5.41, 5.74) is 0. The fourth-order valence-corrected chi connectivity index (χ4v) is 0.591. The molecule has 10 heavy (non-hydrogen) atoms. The molecule has 0 aromatic heterocycles. The van der Waals surface area contributed by atoms with Crippen LogP contribution >= 0.6 is 0 Å². The van der Waals surface area contributed by atoms with E-state index in [-0.39, 0.29) is 5.91 Å². The molecule has 0 spiro atoms. The van der Waals surface area contributed by atoms with Crippen molar-refractivity contribution in [1.82, 2.24) is 0 Å². The fourth-order valence-electron chi connectivity index (χ4n) is 0.591. The van der Waals surface area contributed by atoms with E-state index in [9.17, 15) is 4.79 Å².